The molecule has 0 spiro atoms. The van der Waals surface area contributed by atoms with E-state index >= 15 is 0 Å². The maximum absolute atomic E-state index is 14.2. The molecular formula is C18H15BrFN3O4. The number of aromatic nitrogens is 1. The first-order chi connectivity index (χ1) is 12.8. The Labute approximate surface area is 162 Å². The van der Waals surface area contributed by atoms with E-state index in [1.165, 1.54) is 35.0 Å². The fourth-order valence-corrected chi connectivity index (χ4v) is 3.14. The molecule has 27 heavy (non-hydrogen) atoms. The first kappa shape index (κ1) is 19.0. The number of nitrogens with one attached hydrogen (secondary N) is 1. The Kier molecular flexibility index (Phi) is 5.22. The molecule has 0 radical (unpaired) electrons. The van der Waals surface area contributed by atoms with E-state index in [0.29, 0.717) is 4.47 Å². The molecule has 1 aromatic heterocycles. The predicted octanol–water partition coefficient (Wildman–Crippen LogP) is 2.17. The second kappa shape index (κ2) is 7.43. The van der Waals surface area contributed by atoms with Gasteiger partial charge in [0.25, 0.3) is 17.7 Å². The highest BCUT2D eigenvalue weighted by molar-refractivity contribution is 9.10. The van der Waals surface area contributed by atoms with Gasteiger partial charge in [-0.2, -0.15) is 0 Å². The number of amides is 4. The van der Waals surface area contributed by atoms with Crippen molar-refractivity contribution < 1.29 is 23.6 Å². The number of carbonyl (C=O) groups excluding carboxylic acids is 4. The Balaban J connectivity index is 1.96. The van der Waals surface area contributed by atoms with Gasteiger partial charge >= 0.3 is 0 Å². The average Bonchev–Trinajstić information content (AvgIpc) is 3.09. The largest absolute Gasteiger partial charge is 0.323 e. The first-order valence-corrected chi connectivity index (χ1v) is 8.93. The Morgan fingerprint density at radius 2 is 2.00 bits per heavy atom. The molecule has 140 valence electrons. The topological polar surface area (TPSA) is 88.5 Å². The maximum Gasteiger partial charge on any atom is 0.277 e. The molecule has 1 N–H and O–H groups in total. The zero-order valence-corrected chi connectivity index (χ0v) is 15.8. The molecule has 0 aliphatic carbocycles. The minimum absolute atomic E-state index is 0.0674. The van der Waals surface area contributed by atoms with Crippen LogP contribution in [0.15, 0.2) is 41.0 Å². The van der Waals surface area contributed by atoms with Crippen LogP contribution in [0.1, 0.15) is 35.4 Å². The lowest BCUT2D eigenvalue weighted by Gasteiger charge is -2.32. The third kappa shape index (κ3) is 3.55. The molecule has 1 aliphatic rings. The van der Waals surface area contributed by atoms with Crippen molar-refractivity contribution in [3.05, 3.63) is 58.1 Å². The number of fused-ring (bicyclic) bond motifs is 1. The molecule has 7 nitrogen and oxygen atoms in total. The molecule has 0 saturated carbocycles. The molecular weight excluding hydrogens is 421 g/mol. The molecule has 4 amide bonds. The SMILES string of the molecule is CCC(=O)NC(=O)[C@@H]1C(=O)N(Cc2ccc(Br)cc2F)C(=O)c2cccn21. The van der Waals surface area contributed by atoms with E-state index < -0.39 is 35.5 Å². The average molecular weight is 436 g/mol. The second-order valence-corrected chi connectivity index (χ2v) is 6.85. The highest BCUT2D eigenvalue weighted by Crippen LogP contribution is 2.26. The van der Waals surface area contributed by atoms with Gasteiger partial charge in [0.2, 0.25) is 5.91 Å². The Morgan fingerprint density at radius 1 is 1.26 bits per heavy atom. The van der Waals surface area contributed by atoms with Crippen molar-refractivity contribution in [2.75, 3.05) is 0 Å². The minimum atomic E-state index is -1.42. The lowest BCUT2D eigenvalue weighted by Crippen LogP contribution is -2.52. The van der Waals surface area contributed by atoms with Crippen LogP contribution in [-0.4, -0.2) is 33.1 Å². The first-order valence-electron chi connectivity index (χ1n) is 8.13. The predicted molar refractivity (Wildman–Crippen MR) is 95.9 cm³/mol. The molecule has 0 bridgehead atoms. The van der Waals surface area contributed by atoms with Gasteiger partial charge in [-0.15, -0.1) is 0 Å². The standard InChI is InChI=1S/C18H15BrFN3O4/c1-2-14(24)21-16(25)15-18(27)23(17(26)13-4-3-7-22(13)15)9-10-5-6-11(19)8-12(10)20/h3-8,15H,2,9H2,1H3,(H,21,24,25)/t15-/m1/s1. The number of hydrogen-bond donors (Lipinski definition) is 1. The van der Waals surface area contributed by atoms with Gasteiger partial charge < -0.3 is 4.57 Å². The van der Waals surface area contributed by atoms with E-state index in [0.717, 1.165) is 4.90 Å². The second-order valence-electron chi connectivity index (χ2n) is 5.93. The summed E-state index contributed by atoms with van der Waals surface area (Å²) >= 11 is 3.14. The quantitative estimate of drug-likeness (QED) is 0.588. The maximum atomic E-state index is 14.2. The van der Waals surface area contributed by atoms with Crippen molar-refractivity contribution in [1.29, 1.82) is 0 Å². The van der Waals surface area contributed by atoms with Crippen molar-refractivity contribution in [3.8, 4) is 0 Å². The fourth-order valence-electron chi connectivity index (χ4n) is 2.81. The number of benzene rings is 1. The van der Waals surface area contributed by atoms with Crippen LogP contribution >= 0.6 is 15.9 Å². The molecule has 9 heteroatoms. The van der Waals surface area contributed by atoms with Crippen LogP contribution in [0.3, 0.4) is 0 Å². The van der Waals surface area contributed by atoms with Gasteiger partial charge in [-0.25, -0.2) is 4.39 Å². The van der Waals surface area contributed by atoms with Gasteiger partial charge in [-0.1, -0.05) is 28.9 Å². The van der Waals surface area contributed by atoms with Crippen LogP contribution in [0.2, 0.25) is 0 Å². The molecule has 3 rings (SSSR count). The fraction of sp³-hybridized carbons (Fsp3) is 0.222. The molecule has 0 fully saturated rings. The summed E-state index contributed by atoms with van der Waals surface area (Å²) in [5.74, 6) is -3.43. The van der Waals surface area contributed by atoms with Crippen LogP contribution in [0, 0.1) is 5.82 Å². The number of hydrogen-bond acceptors (Lipinski definition) is 4. The van der Waals surface area contributed by atoms with Crippen LogP contribution in [0.5, 0.6) is 0 Å². The van der Waals surface area contributed by atoms with E-state index in [9.17, 15) is 23.6 Å². The molecule has 2 aromatic rings. The smallest absolute Gasteiger partial charge is 0.277 e. The zero-order valence-electron chi connectivity index (χ0n) is 14.2. The van der Waals surface area contributed by atoms with Gasteiger partial charge in [0, 0.05) is 22.7 Å². The lowest BCUT2D eigenvalue weighted by atomic mass is 10.1. The summed E-state index contributed by atoms with van der Waals surface area (Å²) in [5.41, 5.74) is 0.236. The van der Waals surface area contributed by atoms with E-state index in [2.05, 4.69) is 21.2 Å². The Hall–Kier alpha value is -2.81. The molecule has 1 atom stereocenters. The summed E-state index contributed by atoms with van der Waals surface area (Å²) in [7, 11) is 0. The summed E-state index contributed by atoms with van der Waals surface area (Å²) in [6.45, 7) is 1.24. The Bertz CT molecular complexity index is 956. The van der Waals surface area contributed by atoms with Crippen molar-refractivity contribution in [2.45, 2.75) is 25.9 Å². The Morgan fingerprint density at radius 3 is 2.67 bits per heavy atom. The minimum Gasteiger partial charge on any atom is -0.323 e. The number of carbonyl (C=O) groups is 4. The van der Waals surface area contributed by atoms with Gasteiger partial charge in [0.15, 0.2) is 6.04 Å². The number of halogens is 2. The van der Waals surface area contributed by atoms with Crippen LogP contribution < -0.4 is 5.32 Å². The summed E-state index contributed by atoms with van der Waals surface area (Å²) < 4.78 is 15.9. The summed E-state index contributed by atoms with van der Waals surface area (Å²) in [4.78, 5) is 50.4. The third-order valence-corrected chi connectivity index (χ3v) is 4.69. The van der Waals surface area contributed by atoms with Crippen LogP contribution in [0.25, 0.3) is 0 Å². The molecule has 0 unspecified atom stereocenters. The molecule has 1 aliphatic heterocycles. The monoisotopic (exact) mass is 435 g/mol. The van der Waals surface area contributed by atoms with Crippen LogP contribution in [0.4, 0.5) is 4.39 Å². The molecule has 1 aromatic carbocycles. The normalized spacial score (nSPS) is 16.3. The van der Waals surface area contributed by atoms with Gasteiger partial charge in [-0.05, 0) is 24.3 Å². The highest BCUT2D eigenvalue weighted by Gasteiger charge is 2.42. The van der Waals surface area contributed by atoms with Crippen molar-refractivity contribution in [1.82, 2.24) is 14.8 Å². The summed E-state index contributed by atoms with van der Waals surface area (Å²) in [5, 5.41) is 2.14. The van der Waals surface area contributed by atoms with Gasteiger partial charge in [0.05, 0.1) is 6.54 Å². The van der Waals surface area contributed by atoms with Crippen molar-refractivity contribution in [3.63, 3.8) is 0 Å². The van der Waals surface area contributed by atoms with Gasteiger partial charge in [-0.3, -0.25) is 29.4 Å². The van der Waals surface area contributed by atoms with E-state index in [1.807, 2.05) is 0 Å². The van der Waals surface area contributed by atoms with E-state index in [-0.39, 0.29) is 24.2 Å². The summed E-state index contributed by atoms with van der Waals surface area (Å²) in [6, 6.07) is 5.82. The van der Waals surface area contributed by atoms with E-state index in [4.69, 9.17) is 0 Å². The number of imide groups is 2. The van der Waals surface area contributed by atoms with Crippen LogP contribution in [-0.2, 0) is 20.9 Å². The molecule has 0 saturated heterocycles. The van der Waals surface area contributed by atoms with Crippen molar-refractivity contribution in [2.24, 2.45) is 0 Å². The lowest BCUT2D eigenvalue weighted by molar-refractivity contribution is -0.142. The van der Waals surface area contributed by atoms with Gasteiger partial charge in [0.1, 0.15) is 11.5 Å². The highest BCUT2D eigenvalue weighted by atomic mass is 79.9. The number of rotatable bonds is 4. The van der Waals surface area contributed by atoms with E-state index in [1.54, 1.807) is 13.0 Å². The molecule has 2 heterocycles. The number of nitrogens with zero attached hydrogens (tertiary/aromatic N) is 2. The zero-order chi connectivity index (χ0) is 19.7. The third-order valence-electron chi connectivity index (χ3n) is 4.20. The summed E-state index contributed by atoms with van der Waals surface area (Å²) in [6.07, 6.45) is 1.49. The van der Waals surface area contributed by atoms with Crippen molar-refractivity contribution >= 4 is 39.6 Å².